The van der Waals surface area contributed by atoms with Crippen molar-refractivity contribution >= 4 is 5.96 Å². The van der Waals surface area contributed by atoms with Crippen molar-refractivity contribution in [3.63, 3.8) is 0 Å². The molecule has 3 nitrogen and oxygen atoms in total. The molecule has 0 amide bonds. The molecule has 3 N–H and O–H groups in total. The van der Waals surface area contributed by atoms with E-state index in [9.17, 15) is 0 Å². The molecule has 15 heavy (non-hydrogen) atoms. The van der Waals surface area contributed by atoms with E-state index in [4.69, 9.17) is 5.73 Å². The van der Waals surface area contributed by atoms with Gasteiger partial charge in [0.15, 0.2) is 5.96 Å². The molecule has 0 spiro atoms. The van der Waals surface area contributed by atoms with Gasteiger partial charge in [0, 0.05) is 12.1 Å². The molecule has 0 aliphatic heterocycles. The van der Waals surface area contributed by atoms with Crippen LogP contribution in [0.25, 0.3) is 0 Å². The van der Waals surface area contributed by atoms with E-state index < -0.39 is 0 Å². The van der Waals surface area contributed by atoms with Gasteiger partial charge in [0.2, 0.25) is 0 Å². The van der Waals surface area contributed by atoms with Crippen molar-refractivity contribution in [2.45, 2.75) is 59.9 Å². The molecule has 0 bridgehead atoms. The monoisotopic (exact) mass is 213 g/mol. The Morgan fingerprint density at radius 2 is 1.73 bits per heavy atom. The van der Waals surface area contributed by atoms with Gasteiger partial charge in [-0.3, -0.25) is 4.99 Å². The summed E-state index contributed by atoms with van der Waals surface area (Å²) in [6.07, 6.45) is 2.09. The number of rotatable bonds is 4. The molecule has 0 aliphatic carbocycles. The topological polar surface area (TPSA) is 50.4 Å². The van der Waals surface area contributed by atoms with Gasteiger partial charge in [0.1, 0.15) is 0 Å². The van der Waals surface area contributed by atoms with Crippen LogP contribution in [0.1, 0.15) is 54.4 Å². The first-order chi connectivity index (χ1) is 6.66. The van der Waals surface area contributed by atoms with Gasteiger partial charge in [-0.15, -0.1) is 0 Å². The summed E-state index contributed by atoms with van der Waals surface area (Å²) in [5.74, 6) is 0.561. The molecule has 0 saturated heterocycles. The Kier molecular flexibility index (Phi) is 5.12. The average molecular weight is 213 g/mol. The summed E-state index contributed by atoms with van der Waals surface area (Å²) in [4.78, 5) is 4.24. The fraction of sp³-hybridized carbons (Fsp3) is 0.917. The number of hydrogen-bond donors (Lipinski definition) is 2. The predicted octanol–water partition coefficient (Wildman–Crippen LogP) is 2.52. The number of nitrogens with two attached hydrogens (primary N) is 1. The molecule has 0 aromatic heterocycles. The second kappa shape index (κ2) is 5.38. The third-order valence-corrected chi connectivity index (χ3v) is 1.94. The maximum atomic E-state index is 5.80. The molecule has 0 fully saturated rings. The van der Waals surface area contributed by atoms with E-state index in [1.54, 1.807) is 0 Å². The molecular weight excluding hydrogens is 186 g/mol. The van der Waals surface area contributed by atoms with Crippen LogP contribution in [0.4, 0.5) is 0 Å². The predicted molar refractivity (Wildman–Crippen MR) is 68.1 cm³/mol. The lowest BCUT2D eigenvalue weighted by Gasteiger charge is -2.33. The first-order valence-corrected chi connectivity index (χ1v) is 5.74. The number of hydrogen-bond acceptors (Lipinski definition) is 1. The van der Waals surface area contributed by atoms with Crippen molar-refractivity contribution in [3.8, 4) is 0 Å². The van der Waals surface area contributed by atoms with Gasteiger partial charge in [-0.1, -0.05) is 27.7 Å². The maximum absolute atomic E-state index is 5.80. The van der Waals surface area contributed by atoms with Crippen molar-refractivity contribution in [1.29, 1.82) is 0 Å². The van der Waals surface area contributed by atoms with Gasteiger partial charge in [-0.25, -0.2) is 0 Å². The first-order valence-electron chi connectivity index (χ1n) is 5.74. The minimum absolute atomic E-state index is 0.000422. The van der Waals surface area contributed by atoms with Crippen LogP contribution in [0.3, 0.4) is 0 Å². The van der Waals surface area contributed by atoms with E-state index >= 15 is 0 Å². The second-order valence-electron chi connectivity index (χ2n) is 6.01. The van der Waals surface area contributed by atoms with Crippen molar-refractivity contribution < 1.29 is 0 Å². The number of guanidine groups is 1. The van der Waals surface area contributed by atoms with Crippen molar-refractivity contribution in [3.05, 3.63) is 0 Å². The molecule has 0 aromatic carbocycles. The molecule has 0 aromatic rings. The summed E-state index contributed by atoms with van der Waals surface area (Å²) >= 11 is 0. The Hall–Kier alpha value is -0.730. The van der Waals surface area contributed by atoms with E-state index in [2.05, 4.69) is 51.9 Å². The van der Waals surface area contributed by atoms with Crippen molar-refractivity contribution in [2.24, 2.45) is 16.1 Å². The van der Waals surface area contributed by atoms with E-state index in [-0.39, 0.29) is 5.54 Å². The lowest BCUT2D eigenvalue weighted by Crippen LogP contribution is -2.49. The van der Waals surface area contributed by atoms with E-state index in [1.807, 2.05) is 0 Å². The van der Waals surface area contributed by atoms with Crippen LogP contribution >= 0.6 is 0 Å². The molecule has 0 aliphatic rings. The highest BCUT2D eigenvalue weighted by Gasteiger charge is 2.25. The van der Waals surface area contributed by atoms with Crippen LogP contribution < -0.4 is 11.1 Å². The van der Waals surface area contributed by atoms with Crippen LogP contribution in [0.2, 0.25) is 0 Å². The van der Waals surface area contributed by atoms with Crippen molar-refractivity contribution in [1.82, 2.24) is 5.32 Å². The zero-order valence-corrected chi connectivity index (χ0v) is 11.1. The van der Waals surface area contributed by atoms with Crippen LogP contribution in [-0.4, -0.2) is 18.0 Å². The zero-order valence-electron chi connectivity index (χ0n) is 11.1. The lowest BCUT2D eigenvalue weighted by molar-refractivity contribution is 0.266. The van der Waals surface area contributed by atoms with Crippen LogP contribution in [0, 0.1) is 5.41 Å². The van der Waals surface area contributed by atoms with E-state index in [1.165, 1.54) is 0 Å². The fourth-order valence-electron chi connectivity index (χ4n) is 1.99. The van der Waals surface area contributed by atoms with Gasteiger partial charge < -0.3 is 11.1 Å². The minimum atomic E-state index is -0.000422. The highest BCUT2D eigenvalue weighted by molar-refractivity contribution is 5.78. The third kappa shape index (κ3) is 8.28. The minimum Gasteiger partial charge on any atom is -0.370 e. The third-order valence-electron chi connectivity index (χ3n) is 1.94. The molecule has 0 radical (unpaired) electrons. The van der Waals surface area contributed by atoms with Gasteiger partial charge in [0.05, 0.1) is 0 Å². The highest BCUT2D eigenvalue weighted by atomic mass is 15.1. The average Bonchev–Trinajstić information content (AvgIpc) is 1.94. The fourth-order valence-corrected chi connectivity index (χ4v) is 1.99. The molecule has 3 heteroatoms. The summed E-state index contributed by atoms with van der Waals surface area (Å²) in [5.41, 5.74) is 6.10. The number of nitrogens with one attached hydrogen (secondary N) is 1. The largest absolute Gasteiger partial charge is 0.370 e. The van der Waals surface area contributed by atoms with Gasteiger partial charge in [-0.2, -0.15) is 0 Å². The Morgan fingerprint density at radius 3 is 2.13 bits per heavy atom. The Balaban J connectivity index is 4.25. The first kappa shape index (κ1) is 14.3. The normalized spacial score (nSPS) is 14.1. The van der Waals surface area contributed by atoms with Crippen LogP contribution in [0.15, 0.2) is 4.99 Å². The molecule has 90 valence electrons. The summed E-state index contributed by atoms with van der Waals surface area (Å²) in [5, 5.41) is 3.28. The van der Waals surface area contributed by atoms with Crippen LogP contribution in [-0.2, 0) is 0 Å². The van der Waals surface area contributed by atoms with Crippen LogP contribution in [0.5, 0.6) is 0 Å². The summed E-state index contributed by atoms with van der Waals surface area (Å²) in [7, 11) is 0. The molecule has 0 unspecified atom stereocenters. The second-order valence-corrected chi connectivity index (χ2v) is 6.01. The van der Waals surface area contributed by atoms with E-state index in [0.717, 1.165) is 19.4 Å². The zero-order chi connectivity index (χ0) is 12.1. The SMILES string of the molecule is CCCN=C(N)NC(C)(C)CC(C)(C)C. The summed E-state index contributed by atoms with van der Waals surface area (Å²) in [6, 6.07) is 0. The molecular formula is C12H27N3. The van der Waals surface area contributed by atoms with Gasteiger partial charge >= 0.3 is 0 Å². The number of aliphatic imine (C=N–C) groups is 1. The van der Waals surface area contributed by atoms with E-state index in [0.29, 0.717) is 11.4 Å². The maximum Gasteiger partial charge on any atom is 0.188 e. The lowest BCUT2D eigenvalue weighted by atomic mass is 9.82. The highest BCUT2D eigenvalue weighted by Crippen LogP contribution is 2.26. The number of nitrogens with zero attached hydrogens (tertiary/aromatic N) is 1. The Morgan fingerprint density at radius 1 is 1.20 bits per heavy atom. The van der Waals surface area contributed by atoms with Gasteiger partial charge in [-0.05, 0) is 32.1 Å². The molecule has 0 atom stereocenters. The molecule has 0 saturated carbocycles. The summed E-state index contributed by atoms with van der Waals surface area (Å²) < 4.78 is 0. The quantitative estimate of drug-likeness (QED) is 0.557. The van der Waals surface area contributed by atoms with Crippen molar-refractivity contribution in [2.75, 3.05) is 6.54 Å². The smallest absolute Gasteiger partial charge is 0.188 e. The Bertz CT molecular complexity index is 211. The van der Waals surface area contributed by atoms with Gasteiger partial charge in [0.25, 0.3) is 0 Å². The summed E-state index contributed by atoms with van der Waals surface area (Å²) in [6.45, 7) is 13.9. The standard InChI is InChI=1S/C12H27N3/c1-7-8-14-10(13)15-12(5,6)9-11(2,3)4/h7-9H2,1-6H3,(H3,13,14,15). The molecule has 0 heterocycles. The Labute approximate surface area is 94.5 Å². The molecule has 0 rings (SSSR count).